The maximum absolute atomic E-state index is 4.80. The maximum Gasteiger partial charge on any atom is 0.0726 e. The summed E-state index contributed by atoms with van der Waals surface area (Å²) in [6.45, 7) is 3.30. The zero-order valence-electron chi connectivity index (χ0n) is 11.0. The van der Waals surface area contributed by atoms with Crippen LogP contribution in [0.4, 0.5) is 5.69 Å². The van der Waals surface area contributed by atoms with Gasteiger partial charge in [-0.15, -0.1) is 0 Å². The SMILES string of the molecule is CCCCNc1c2c(nc3ccccc13)CCC2. The summed E-state index contributed by atoms with van der Waals surface area (Å²) in [6, 6.07) is 8.50. The Balaban J connectivity index is 2.07. The minimum Gasteiger partial charge on any atom is -0.384 e. The van der Waals surface area contributed by atoms with Gasteiger partial charge in [0.1, 0.15) is 0 Å². The van der Waals surface area contributed by atoms with E-state index in [4.69, 9.17) is 4.98 Å². The number of nitrogens with one attached hydrogen (secondary N) is 1. The highest BCUT2D eigenvalue weighted by Crippen LogP contribution is 2.33. The fraction of sp³-hybridized carbons (Fsp3) is 0.438. The van der Waals surface area contributed by atoms with Crippen LogP contribution in [0.15, 0.2) is 24.3 Å². The normalized spacial score (nSPS) is 13.8. The lowest BCUT2D eigenvalue weighted by molar-refractivity contribution is 0.833. The number of rotatable bonds is 4. The fourth-order valence-electron chi connectivity index (χ4n) is 2.80. The summed E-state index contributed by atoms with van der Waals surface area (Å²) in [5.41, 5.74) is 5.26. The number of pyridine rings is 1. The molecular formula is C16H20N2. The van der Waals surface area contributed by atoms with Crippen LogP contribution in [0.5, 0.6) is 0 Å². The number of nitrogens with zero attached hydrogens (tertiary/aromatic N) is 1. The minimum absolute atomic E-state index is 1.07. The molecule has 0 radical (unpaired) electrons. The topological polar surface area (TPSA) is 24.9 Å². The van der Waals surface area contributed by atoms with E-state index in [1.54, 1.807) is 0 Å². The van der Waals surface area contributed by atoms with Crippen molar-refractivity contribution >= 4 is 16.6 Å². The van der Waals surface area contributed by atoms with Crippen molar-refractivity contribution in [1.29, 1.82) is 0 Å². The Bertz CT molecular complexity index is 560. The number of hydrogen-bond acceptors (Lipinski definition) is 2. The van der Waals surface area contributed by atoms with Gasteiger partial charge >= 0.3 is 0 Å². The number of para-hydroxylation sites is 1. The molecule has 1 aliphatic carbocycles. The molecule has 0 bridgehead atoms. The van der Waals surface area contributed by atoms with Crippen LogP contribution in [0.25, 0.3) is 10.9 Å². The molecule has 2 aromatic rings. The zero-order valence-corrected chi connectivity index (χ0v) is 11.0. The van der Waals surface area contributed by atoms with E-state index in [2.05, 4.69) is 36.5 Å². The van der Waals surface area contributed by atoms with E-state index < -0.39 is 0 Å². The smallest absolute Gasteiger partial charge is 0.0726 e. The van der Waals surface area contributed by atoms with Gasteiger partial charge in [-0.05, 0) is 37.3 Å². The van der Waals surface area contributed by atoms with Crippen LogP contribution in [0.2, 0.25) is 0 Å². The number of anilines is 1. The second kappa shape index (κ2) is 4.97. The molecule has 0 spiro atoms. The molecule has 1 N–H and O–H groups in total. The molecule has 1 heterocycles. The molecular weight excluding hydrogens is 220 g/mol. The van der Waals surface area contributed by atoms with Gasteiger partial charge in [0, 0.05) is 23.3 Å². The third kappa shape index (κ3) is 1.96. The molecule has 0 aliphatic heterocycles. The molecule has 0 saturated heterocycles. The van der Waals surface area contributed by atoms with Gasteiger partial charge in [-0.2, -0.15) is 0 Å². The summed E-state index contributed by atoms with van der Waals surface area (Å²) in [5, 5.41) is 4.94. The van der Waals surface area contributed by atoms with Gasteiger partial charge in [0.25, 0.3) is 0 Å². The van der Waals surface area contributed by atoms with Gasteiger partial charge in [0.2, 0.25) is 0 Å². The molecule has 1 aromatic heterocycles. The second-order valence-corrected chi connectivity index (χ2v) is 5.06. The Morgan fingerprint density at radius 1 is 1.22 bits per heavy atom. The molecule has 0 fully saturated rings. The van der Waals surface area contributed by atoms with E-state index in [-0.39, 0.29) is 0 Å². The molecule has 1 aliphatic rings. The first-order valence-corrected chi connectivity index (χ1v) is 7.04. The van der Waals surface area contributed by atoms with Crippen molar-refractivity contribution in [2.75, 3.05) is 11.9 Å². The van der Waals surface area contributed by atoms with Crippen LogP contribution in [-0.4, -0.2) is 11.5 Å². The van der Waals surface area contributed by atoms with Crippen LogP contribution < -0.4 is 5.32 Å². The summed E-state index contributed by atoms with van der Waals surface area (Å²) < 4.78 is 0. The average Bonchev–Trinajstić information content (AvgIpc) is 2.86. The predicted molar refractivity (Wildman–Crippen MR) is 77.2 cm³/mol. The number of fused-ring (bicyclic) bond motifs is 2. The van der Waals surface area contributed by atoms with Crippen molar-refractivity contribution in [2.45, 2.75) is 39.0 Å². The molecule has 2 nitrogen and oxygen atoms in total. The number of hydrogen-bond donors (Lipinski definition) is 1. The first kappa shape index (κ1) is 11.5. The van der Waals surface area contributed by atoms with Crippen molar-refractivity contribution < 1.29 is 0 Å². The molecule has 94 valence electrons. The molecule has 2 heteroatoms. The quantitative estimate of drug-likeness (QED) is 0.819. The Kier molecular flexibility index (Phi) is 3.18. The summed E-state index contributed by atoms with van der Waals surface area (Å²) >= 11 is 0. The summed E-state index contributed by atoms with van der Waals surface area (Å²) in [4.78, 5) is 4.80. The van der Waals surface area contributed by atoms with E-state index in [0.717, 1.165) is 18.5 Å². The Hall–Kier alpha value is -1.57. The minimum atomic E-state index is 1.07. The van der Waals surface area contributed by atoms with Crippen molar-refractivity contribution in [3.8, 4) is 0 Å². The molecule has 0 saturated carbocycles. The molecule has 0 amide bonds. The lowest BCUT2D eigenvalue weighted by atomic mass is 10.1. The van der Waals surface area contributed by atoms with Crippen LogP contribution >= 0.6 is 0 Å². The average molecular weight is 240 g/mol. The Morgan fingerprint density at radius 2 is 2.11 bits per heavy atom. The molecule has 0 atom stereocenters. The first-order chi connectivity index (χ1) is 8.90. The molecule has 18 heavy (non-hydrogen) atoms. The summed E-state index contributed by atoms with van der Waals surface area (Å²) in [5.74, 6) is 0. The maximum atomic E-state index is 4.80. The number of aromatic nitrogens is 1. The third-order valence-corrected chi connectivity index (χ3v) is 3.75. The lowest BCUT2D eigenvalue weighted by Crippen LogP contribution is -2.05. The van der Waals surface area contributed by atoms with Crippen LogP contribution in [-0.2, 0) is 12.8 Å². The van der Waals surface area contributed by atoms with E-state index in [1.807, 2.05) is 0 Å². The van der Waals surface area contributed by atoms with Gasteiger partial charge in [-0.1, -0.05) is 31.5 Å². The third-order valence-electron chi connectivity index (χ3n) is 3.75. The fourth-order valence-corrected chi connectivity index (χ4v) is 2.80. The van der Waals surface area contributed by atoms with E-state index in [1.165, 1.54) is 48.0 Å². The monoisotopic (exact) mass is 240 g/mol. The summed E-state index contributed by atoms with van der Waals surface area (Å²) in [7, 11) is 0. The first-order valence-electron chi connectivity index (χ1n) is 7.04. The summed E-state index contributed by atoms with van der Waals surface area (Å²) in [6.07, 6.45) is 6.04. The van der Waals surface area contributed by atoms with Crippen LogP contribution in [0.1, 0.15) is 37.4 Å². The second-order valence-electron chi connectivity index (χ2n) is 5.06. The van der Waals surface area contributed by atoms with Gasteiger partial charge < -0.3 is 5.32 Å². The Labute approximate surface area is 108 Å². The number of benzene rings is 1. The van der Waals surface area contributed by atoms with E-state index in [0.29, 0.717) is 0 Å². The van der Waals surface area contributed by atoms with E-state index >= 15 is 0 Å². The van der Waals surface area contributed by atoms with Crippen molar-refractivity contribution in [1.82, 2.24) is 4.98 Å². The van der Waals surface area contributed by atoms with Gasteiger partial charge in [0.05, 0.1) is 5.52 Å². The van der Waals surface area contributed by atoms with Crippen molar-refractivity contribution in [3.63, 3.8) is 0 Å². The Morgan fingerprint density at radius 3 is 3.00 bits per heavy atom. The largest absolute Gasteiger partial charge is 0.384 e. The van der Waals surface area contributed by atoms with Gasteiger partial charge in [0.15, 0.2) is 0 Å². The van der Waals surface area contributed by atoms with Crippen molar-refractivity contribution in [2.24, 2.45) is 0 Å². The van der Waals surface area contributed by atoms with E-state index in [9.17, 15) is 0 Å². The highest BCUT2D eigenvalue weighted by molar-refractivity contribution is 5.93. The van der Waals surface area contributed by atoms with Crippen molar-refractivity contribution in [3.05, 3.63) is 35.5 Å². The van der Waals surface area contributed by atoms with Crippen LogP contribution in [0, 0.1) is 0 Å². The molecule has 0 unspecified atom stereocenters. The molecule has 1 aromatic carbocycles. The zero-order chi connectivity index (χ0) is 12.4. The highest BCUT2D eigenvalue weighted by Gasteiger charge is 2.18. The number of unbranched alkanes of at least 4 members (excludes halogenated alkanes) is 1. The molecule has 3 rings (SSSR count). The highest BCUT2D eigenvalue weighted by atomic mass is 14.9. The standard InChI is InChI=1S/C16H20N2/c1-2-3-11-17-16-12-7-4-5-9-14(12)18-15-10-6-8-13(15)16/h4-5,7,9H,2-3,6,8,10-11H2,1H3,(H,17,18). The lowest BCUT2D eigenvalue weighted by Gasteiger charge is -2.14. The van der Waals surface area contributed by atoms with Gasteiger partial charge in [-0.3, -0.25) is 4.98 Å². The number of aryl methyl sites for hydroxylation is 1. The van der Waals surface area contributed by atoms with Gasteiger partial charge in [-0.25, -0.2) is 0 Å². The predicted octanol–water partition coefficient (Wildman–Crippen LogP) is 3.94. The van der Waals surface area contributed by atoms with Crippen LogP contribution in [0.3, 0.4) is 0 Å².